The molecule has 1 aliphatic carbocycles. The van der Waals surface area contributed by atoms with E-state index in [4.69, 9.17) is 0 Å². The van der Waals surface area contributed by atoms with E-state index in [1.165, 1.54) is 0 Å². The van der Waals surface area contributed by atoms with Crippen LogP contribution in [-0.4, -0.2) is 38.4 Å². The number of allylic oxidation sites excluding steroid dienone is 4. The molecule has 0 atom stereocenters. The van der Waals surface area contributed by atoms with Gasteiger partial charge in [-0.1, -0.05) is 37.4 Å². The van der Waals surface area contributed by atoms with Gasteiger partial charge in [0.1, 0.15) is 0 Å². The van der Waals surface area contributed by atoms with Crippen LogP contribution in [0.3, 0.4) is 0 Å². The quantitative estimate of drug-likeness (QED) is 0.494. The first-order valence-corrected chi connectivity index (χ1v) is 6.13. The molecule has 1 radical (unpaired) electrons. The summed E-state index contributed by atoms with van der Waals surface area (Å²) in [5.74, 6) is 0. The van der Waals surface area contributed by atoms with E-state index in [2.05, 4.69) is 37.4 Å². The SMILES string of the molecule is C[SiH](C)C1C=CC=C1.[Na]. The smallest absolute Gasteiger partial charge is 0.0428 e. The van der Waals surface area contributed by atoms with Gasteiger partial charge in [0.05, 0.1) is 0 Å². The molecule has 2 heteroatoms. The van der Waals surface area contributed by atoms with Crippen LogP contribution in [0.25, 0.3) is 0 Å². The van der Waals surface area contributed by atoms with Gasteiger partial charge >= 0.3 is 0 Å². The van der Waals surface area contributed by atoms with Crippen LogP contribution < -0.4 is 0 Å². The molecule has 0 nitrogen and oxygen atoms in total. The van der Waals surface area contributed by atoms with Crippen molar-refractivity contribution in [3.8, 4) is 0 Å². The zero-order valence-electron chi connectivity index (χ0n) is 6.46. The number of hydrogen-bond acceptors (Lipinski definition) is 0. The van der Waals surface area contributed by atoms with E-state index in [0.717, 1.165) is 5.54 Å². The summed E-state index contributed by atoms with van der Waals surface area (Å²) in [6, 6.07) is 0. The predicted octanol–water partition coefficient (Wildman–Crippen LogP) is 1.59. The summed E-state index contributed by atoms with van der Waals surface area (Å²) in [4.78, 5) is 0. The fourth-order valence-electron chi connectivity index (χ4n) is 0.893. The Balaban J connectivity index is 0.000000640. The molecule has 1 aliphatic rings. The Bertz CT molecular complexity index is 115. The predicted molar refractivity (Wildman–Crippen MR) is 46.7 cm³/mol. The van der Waals surface area contributed by atoms with E-state index in [1.807, 2.05) is 0 Å². The first kappa shape index (κ1) is 9.70. The van der Waals surface area contributed by atoms with Crippen molar-refractivity contribution >= 4 is 38.4 Å². The van der Waals surface area contributed by atoms with Crippen LogP contribution in [0.4, 0.5) is 0 Å². The van der Waals surface area contributed by atoms with Gasteiger partial charge in [0.15, 0.2) is 0 Å². The Labute approximate surface area is 80.9 Å². The molecule has 0 bridgehead atoms. The molecule has 0 saturated heterocycles. The third kappa shape index (κ3) is 2.85. The van der Waals surface area contributed by atoms with Gasteiger partial charge in [-0.25, -0.2) is 0 Å². The van der Waals surface area contributed by atoms with Crippen molar-refractivity contribution in [2.45, 2.75) is 18.6 Å². The summed E-state index contributed by atoms with van der Waals surface area (Å²) < 4.78 is 0. The monoisotopic (exact) mass is 147 g/mol. The van der Waals surface area contributed by atoms with E-state index in [9.17, 15) is 0 Å². The van der Waals surface area contributed by atoms with Gasteiger partial charge in [0.25, 0.3) is 0 Å². The van der Waals surface area contributed by atoms with Crippen LogP contribution in [0, 0.1) is 0 Å². The molecule has 0 aromatic carbocycles. The molecule has 0 heterocycles. The van der Waals surface area contributed by atoms with E-state index in [1.54, 1.807) is 0 Å². The normalized spacial score (nSPS) is 16.8. The summed E-state index contributed by atoms with van der Waals surface area (Å²) in [5.41, 5.74) is 0.843. The Morgan fingerprint density at radius 2 is 1.56 bits per heavy atom. The van der Waals surface area contributed by atoms with Gasteiger partial charge in [0.2, 0.25) is 0 Å². The average Bonchev–Trinajstić information content (AvgIpc) is 2.12. The standard InChI is InChI=1S/C7H12Si.Na/c1-8(2)7-5-3-4-6-7;/h3-8H,1-2H3;. The first-order valence-electron chi connectivity index (χ1n) is 3.15. The maximum Gasteiger partial charge on any atom is 0.0428 e. The molecule has 0 amide bonds. The summed E-state index contributed by atoms with van der Waals surface area (Å²) >= 11 is 0. The molecule has 0 aromatic heterocycles. The fraction of sp³-hybridized carbons (Fsp3) is 0.429. The number of rotatable bonds is 1. The zero-order chi connectivity index (χ0) is 5.98. The minimum atomic E-state index is -0.397. The van der Waals surface area contributed by atoms with Gasteiger partial charge < -0.3 is 0 Å². The number of hydrogen-bond donors (Lipinski definition) is 0. The maximum atomic E-state index is 2.38. The van der Waals surface area contributed by atoms with Crippen molar-refractivity contribution in [2.75, 3.05) is 0 Å². The Hall–Kier alpha value is 0.697. The first-order chi connectivity index (χ1) is 3.80. The second-order valence-electron chi connectivity index (χ2n) is 2.59. The van der Waals surface area contributed by atoms with Crippen molar-refractivity contribution in [2.24, 2.45) is 0 Å². The minimum absolute atomic E-state index is 0. The van der Waals surface area contributed by atoms with Crippen molar-refractivity contribution < 1.29 is 0 Å². The fourth-order valence-corrected chi connectivity index (χ4v) is 2.04. The molecule has 0 aromatic rings. The van der Waals surface area contributed by atoms with Gasteiger partial charge in [-0.15, -0.1) is 0 Å². The third-order valence-electron chi connectivity index (χ3n) is 1.55. The van der Waals surface area contributed by atoms with E-state index in [0.29, 0.717) is 0 Å². The van der Waals surface area contributed by atoms with Crippen LogP contribution in [0.2, 0.25) is 18.6 Å². The molecule has 0 spiro atoms. The molecule has 9 heavy (non-hydrogen) atoms. The maximum absolute atomic E-state index is 2.38. The van der Waals surface area contributed by atoms with Gasteiger partial charge in [-0.05, 0) is 5.54 Å². The Morgan fingerprint density at radius 1 is 1.11 bits per heavy atom. The summed E-state index contributed by atoms with van der Waals surface area (Å²) in [6.07, 6.45) is 8.91. The van der Waals surface area contributed by atoms with E-state index in [-0.39, 0.29) is 29.6 Å². The van der Waals surface area contributed by atoms with Crippen LogP contribution in [0.1, 0.15) is 0 Å². The second-order valence-corrected chi connectivity index (χ2v) is 5.85. The van der Waals surface area contributed by atoms with E-state index < -0.39 is 8.80 Å². The van der Waals surface area contributed by atoms with Crippen molar-refractivity contribution in [3.63, 3.8) is 0 Å². The van der Waals surface area contributed by atoms with Crippen LogP contribution >= 0.6 is 0 Å². The average molecular weight is 147 g/mol. The third-order valence-corrected chi connectivity index (χ3v) is 3.53. The molecule has 0 fully saturated rings. The van der Waals surface area contributed by atoms with Gasteiger partial charge in [0, 0.05) is 38.4 Å². The van der Waals surface area contributed by atoms with Crippen LogP contribution in [0.5, 0.6) is 0 Å². The van der Waals surface area contributed by atoms with Crippen molar-refractivity contribution in [1.29, 1.82) is 0 Å². The molecule has 0 aliphatic heterocycles. The topological polar surface area (TPSA) is 0 Å². The molecule has 0 saturated carbocycles. The van der Waals surface area contributed by atoms with Crippen molar-refractivity contribution in [3.05, 3.63) is 24.3 Å². The van der Waals surface area contributed by atoms with Crippen LogP contribution in [0.15, 0.2) is 24.3 Å². The molecule has 45 valence electrons. The molecule has 0 N–H and O–H groups in total. The summed E-state index contributed by atoms with van der Waals surface area (Å²) in [5, 5.41) is 0. The second kappa shape index (κ2) is 4.50. The van der Waals surface area contributed by atoms with E-state index >= 15 is 0 Å². The van der Waals surface area contributed by atoms with Crippen molar-refractivity contribution in [1.82, 2.24) is 0 Å². The minimum Gasteiger partial charge on any atom is -0.0807 e. The molecular weight excluding hydrogens is 135 g/mol. The Morgan fingerprint density at radius 3 is 1.78 bits per heavy atom. The molecule has 0 unspecified atom stereocenters. The van der Waals surface area contributed by atoms with Gasteiger partial charge in [-0.3, -0.25) is 0 Å². The molecule has 1 rings (SSSR count). The largest absolute Gasteiger partial charge is 0.0807 e. The van der Waals surface area contributed by atoms with Crippen LogP contribution in [-0.2, 0) is 0 Å². The summed E-state index contributed by atoms with van der Waals surface area (Å²) in [7, 11) is -0.397. The summed E-state index contributed by atoms with van der Waals surface area (Å²) in [6.45, 7) is 4.76. The molecular formula is C7H12NaSi. The van der Waals surface area contributed by atoms with Gasteiger partial charge in [-0.2, -0.15) is 0 Å². The Kier molecular flexibility index (Phi) is 4.85. The zero-order valence-corrected chi connectivity index (χ0v) is 9.62.